The summed E-state index contributed by atoms with van der Waals surface area (Å²) in [4.78, 5) is 0. The van der Waals surface area contributed by atoms with E-state index < -0.39 is 0 Å². The third kappa shape index (κ3) is 1.03. The Kier molecular flexibility index (Phi) is 1.47. The lowest BCUT2D eigenvalue weighted by Crippen LogP contribution is -2.00. The summed E-state index contributed by atoms with van der Waals surface area (Å²) in [6, 6.07) is 0. The van der Waals surface area contributed by atoms with Crippen molar-refractivity contribution in [3.63, 3.8) is 0 Å². The Balaban J connectivity index is 2.28. The first-order valence-corrected chi connectivity index (χ1v) is 2.54. The van der Waals surface area contributed by atoms with Gasteiger partial charge in [-0.25, -0.2) is 0 Å². The Morgan fingerprint density at radius 3 is 3.00 bits per heavy atom. The Morgan fingerprint density at radius 1 is 1.86 bits per heavy atom. The summed E-state index contributed by atoms with van der Waals surface area (Å²) in [5.74, 6) is 0. The maximum atomic E-state index is 4.97. The van der Waals surface area contributed by atoms with Crippen molar-refractivity contribution in [1.29, 1.82) is 0 Å². The van der Waals surface area contributed by atoms with E-state index in [0.717, 1.165) is 12.8 Å². The molecule has 0 N–H and O–H groups in total. The molecule has 0 saturated carbocycles. The second kappa shape index (κ2) is 2.12. The van der Waals surface area contributed by atoms with Crippen molar-refractivity contribution in [2.45, 2.75) is 18.9 Å². The van der Waals surface area contributed by atoms with Gasteiger partial charge in [0.25, 0.3) is 0 Å². The Morgan fingerprint density at radius 2 is 2.71 bits per heavy atom. The molecule has 0 bridgehead atoms. The van der Waals surface area contributed by atoms with Crippen LogP contribution in [0, 0.1) is 6.08 Å². The van der Waals surface area contributed by atoms with Crippen molar-refractivity contribution in [3.8, 4) is 0 Å². The van der Waals surface area contributed by atoms with Crippen molar-refractivity contribution in [2.75, 3.05) is 7.11 Å². The zero-order valence-corrected chi connectivity index (χ0v) is 4.48. The quantitative estimate of drug-likeness (QED) is 0.477. The summed E-state index contributed by atoms with van der Waals surface area (Å²) < 4.78 is 4.97. The first-order chi connectivity index (χ1) is 3.43. The van der Waals surface area contributed by atoms with Crippen LogP contribution in [-0.2, 0) is 4.74 Å². The molecular formula is C6H9O. The molecule has 1 atom stereocenters. The van der Waals surface area contributed by atoms with Gasteiger partial charge < -0.3 is 4.74 Å². The predicted octanol–water partition coefficient (Wildman–Crippen LogP) is 1.15. The molecule has 0 spiro atoms. The summed E-state index contributed by atoms with van der Waals surface area (Å²) in [5.41, 5.74) is 0. The van der Waals surface area contributed by atoms with E-state index in [1.807, 2.05) is 6.08 Å². The number of allylic oxidation sites excluding steroid dienone is 1. The molecule has 39 valence electrons. The lowest BCUT2D eigenvalue weighted by Gasteiger charge is -1.99. The molecule has 0 amide bonds. The molecule has 0 aromatic rings. The highest BCUT2D eigenvalue weighted by atomic mass is 16.5. The molecule has 1 aliphatic rings. The molecule has 7 heavy (non-hydrogen) atoms. The van der Waals surface area contributed by atoms with E-state index in [4.69, 9.17) is 4.74 Å². The summed E-state index contributed by atoms with van der Waals surface area (Å²) >= 11 is 0. The molecule has 1 unspecified atom stereocenters. The van der Waals surface area contributed by atoms with Crippen molar-refractivity contribution in [3.05, 3.63) is 12.2 Å². The number of hydrogen-bond acceptors (Lipinski definition) is 1. The van der Waals surface area contributed by atoms with Gasteiger partial charge in [0.05, 0.1) is 6.10 Å². The van der Waals surface area contributed by atoms with E-state index in [9.17, 15) is 0 Å². The largest absolute Gasteiger partial charge is 0.377 e. The van der Waals surface area contributed by atoms with Crippen LogP contribution in [0.4, 0.5) is 0 Å². The third-order valence-corrected chi connectivity index (χ3v) is 1.16. The molecule has 0 fully saturated rings. The van der Waals surface area contributed by atoms with Crippen molar-refractivity contribution in [1.82, 2.24) is 0 Å². The molecule has 0 aromatic carbocycles. The van der Waals surface area contributed by atoms with E-state index in [-0.39, 0.29) is 0 Å². The zero-order chi connectivity index (χ0) is 5.11. The van der Waals surface area contributed by atoms with E-state index in [1.54, 1.807) is 7.11 Å². The van der Waals surface area contributed by atoms with Crippen LogP contribution in [0.3, 0.4) is 0 Å². The summed E-state index contributed by atoms with van der Waals surface area (Å²) in [5, 5.41) is 0. The fourth-order valence-electron chi connectivity index (χ4n) is 0.719. The first kappa shape index (κ1) is 4.85. The lowest BCUT2D eigenvalue weighted by molar-refractivity contribution is 0.136. The van der Waals surface area contributed by atoms with Crippen LogP contribution in [0.25, 0.3) is 0 Å². The molecule has 1 radical (unpaired) electrons. The fourth-order valence-corrected chi connectivity index (χ4v) is 0.719. The van der Waals surface area contributed by atoms with Gasteiger partial charge in [0.15, 0.2) is 0 Å². The maximum absolute atomic E-state index is 4.97. The molecule has 0 saturated heterocycles. The summed E-state index contributed by atoms with van der Waals surface area (Å²) in [7, 11) is 1.72. The van der Waals surface area contributed by atoms with Gasteiger partial charge in [-0.15, -0.1) is 0 Å². The van der Waals surface area contributed by atoms with Gasteiger partial charge in [-0.2, -0.15) is 0 Å². The third-order valence-electron chi connectivity index (χ3n) is 1.16. The molecule has 1 heteroatoms. The minimum Gasteiger partial charge on any atom is -0.377 e. The Bertz CT molecular complexity index is 76.2. The van der Waals surface area contributed by atoms with Crippen LogP contribution < -0.4 is 0 Å². The van der Waals surface area contributed by atoms with E-state index >= 15 is 0 Å². The lowest BCUT2D eigenvalue weighted by atomic mass is 10.3. The van der Waals surface area contributed by atoms with Gasteiger partial charge >= 0.3 is 0 Å². The average Bonchev–Trinajstić information content (AvgIpc) is 2.14. The van der Waals surface area contributed by atoms with Gasteiger partial charge in [0, 0.05) is 7.11 Å². The van der Waals surface area contributed by atoms with Crippen molar-refractivity contribution >= 4 is 0 Å². The van der Waals surface area contributed by atoms with Crippen LogP contribution in [0.2, 0.25) is 0 Å². The monoisotopic (exact) mass is 97.1 g/mol. The van der Waals surface area contributed by atoms with Crippen LogP contribution in [-0.4, -0.2) is 13.2 Å². The van der Waals surface area contributed by atoms with Crippen molar-refractivity contribution in [2.24, 2.45) is 0 Å². The molecule has 1 rings (SSSR count). The SMILES string of the molecule is COC1[C]=CCC1. The van der Waals surface area contributed by atoms with Crippen LogP contribution in [0.1, 0.15) is 12.8 Å². The van der Waals surface area contributed by atoms with E-state index in [1.165, 1.54) is 0 Å². The fraction of sp³-hybridized carbons (Fsp3) is 0.667. The second-order valence-corrected chi connectivity index (χ2v) is 1.67. The normalized spacial score (nSPS) is 29.0. The summed E-state index contributed by atoms with van der Waals surface area (Å²) in [6.07, 6.45) is 7.65. The second-order valence-electron chi connectivity index (χ2n) is 1.67. The van der Waals surface area contributed by atoms with Gasteiger partial charge in [-0.05, 0) is 18.9 Å². The van der Waals surface area contributed by atoms with Crippen LogP contribution >= 0.6 is 0 Å². The molecule has 0 aliphatic heterocycles. The molecule has 0 aromatic heterocycles. The topological polar surface area (TPSA) is 9.23 Å². The van der Waals surface area contributed by atoms with E-state index in [2.05, 4.69) is 6.08 Å². The Hall–Kier alpha value is -0.300. The van der Waals surface area contributed by atoms with Crippen LogP contribution in [0.15, 0.2) is 6.08 Å². The number of hydrogen-bond donors (Lipinski definition) is 0. The van der Waals surface area contributed by atoms with E-state index in [0.29, 0.717) is 6.10 Å². The molecular weight excluding hydrogens is 88.1 g/mol. The minimum absolute atomic E-state index is 0.292. The van der Waals surface area contributed by atoms with Gasteiger partial charge in [-0.1, -0.05) is 6.08 Å². The standard InChI is InChI=1S/C6H9O/c1-7-6-4-2-3-5-6/h2,6H,3,5H2,1H3. The zero-order valence-electron chi connectivity index (χ0n) is 4.48. The highest BCUT2D eigenvalue weighted by Gasteiger charge is 2.05. The molecule has 0 heterocycles. The highest BCUT2D eigenvalue weighted by molar-refractivity contribution is 4.89. The Labute approximate surface area is 44.0 Å². The number of rotatable bonds is 1. The minimum atomic E-state index is 0.292. The van der Waals surface area contributed by atoms with Gasteiger partial charge in [-0.3, -0.25) is 0 Å². The molecule has 1 nitrogen and oxygen atoms in total. The van der Waals surface area contributed by atoms with Crippen molar-refractivity contribution < 1.29 is 4.74 Å². The highest BCUT2D eigenvalue weighted by Crippen LogP contribution is 2.09. The predicted molar refractivity (Wildman–Crippen MR) is 27.8 cm³/mol. The maximum Gasteiger partial charge on any atom is 0.0824 e. The van der Waals surface area contributed by atoms with Gasteiger partial charge in [0.1, 0.15) is 0 Å². The number of methoxy groups -OCH3 is 1. The number of ether oxygens (including phenoxy) is 1. The van der Waals surface area contributed by atoms with Crippen LogP contribution in [0.5, 0.6) is 0 Å². The molecule has 1 aliphatic carbocycles. The smallest absolute Gasteiger partial charge is 0.0824 e. The summed E-state index contributed by atoms with van der Waals surface area (Å²) in [6.45, 7) is 0. The van der Waals surface area contributed by atoms with Gasteiger partial charge in [0.2, 0.25) is 0 Å². The average molecular weight is 97.1 g/mol. The first-order valence-electron chi connectivity index (χ1n) is 2.54.